The Balaban J connectivity index is 0.000000203. The summed E-state index contributed by atoms with van der Waals surface area (Å²) in [5, 5.41) is 4.88. The second-order valence-corrected chi connectivity index (χ2v) is 16.0. The molecule has 2 aliphatic heterocycles. The number of carbonyl (C=O) groups excluding carboxylic acids is 1. The number of aromatic nitrogens is 2. The molecule has 16 heteroatoms. The summed E-state index contributed by atoms with van der Waals surface area (Å²) in [7, 11) is 1.38. The van der Waals surface area contributed by atoms with Gasteiger partial charge in [-0.1, -0.05) is 46.9 Å². The number of hydrogen-bond donors (Lipinski definition) is 1. The molecule has 0 radical (unpaired) electrons. The number of rotatable bonds is 6. The third-order valence-electron chi connectivity index (χ3n) is 9.65. The van der Waals surface area contributed by atoms with Crippen molar-refractivity contribution in [1.82, 2.24) is 20.2 Å². The van der Waals surface area contributed by atoms with Gasteiger partial charge in [0.1, 0.15) is 0 Å². The van der Waals surface area contributed by atoms with E-state index in [1.54, 1.807) is 0 Å². The number of halogens is 6. The molecule has 1 N–H and O–H groups in total. The van der Waals surface area contributed by atoms with Gasteiger partial charge in [0.15, 0.2) is 10.3 Å². The quantitative estimate of drug-likeness (QED) is 0.136. The Bertz CT molecular complexity index is 2060. The highest BCUT2D eigenvalue weighted by atomic mass is 32.1. The van der Waals surface area contributed by atoms with Crippen LogP contribution in [0.3, 0.4) is 0 Å². The van der Waals surface area contributed by atoms with Crippen LogP contribution < -0.4 is 15.1 Å². The highest BCUT2D eigenvalue weighted by molar-refractivity contribution is 7.22. The normalized spacial score (nSPS) is 21.3. The van der Waals surface area contributed by atoms with Gasteiger partial charge in [-0.25, -0.2) is 9.97 Å². The van der Waals surface area contributed by atoms with Gasteiger partial charge in [0, 0.05) is 56.9 Å². The van der Waals surface area contributed by atoms with Crippen molar-refractivity contribution in [3.05, 3.63) is 82.9 Å². The molecular formula is C38H42F6N6O2S2. The minimum absolute atomic E-state index is 0.148. The third-order valence-corrected chi connectivity index (χ3v) is 11.7. The van der Waals surface area contributed by atoms with Crippen LogP contribution in [0, 0.1) is 0 Å². The Morgan fingerprint density at radius 3 is 1.70 bits per heavy atom. The number of nitrogens with one attached hydrogen (secondary N) is 1. The zero-order chi connectivity index (χ0) is 38.9. The lowest BCUT2D eigenvalue weighted by Crippen LogP contribution is -2.56. The number of anilines is 2. The minimum atomic E-state index is -4.36. The number of benzene rings is 3. The molecule has 4 atom stereocenters. The smallest absolute Gasteiger partial charge is 0.416 e. The van der Waals surface area contributed by atoms with E-state index in [1.807, 2.05) is 24.3 Å². The maximum absolute atomic E-state index is 13.1. The van der Waals surface area contributed by atoms with Crippen LogP contribution in [0.1, 0.15) is 49.9 Å². The number of nitrogens with zero attached hydrogens (tertiary/aromatic N) is 5. The van der Waals surface area contributed by atoms with Crippen molar-refractivity contribution < 1.29 is 35.9 Å². The molecule has 3 aromatic carbocycles. The van der Waals surface area contributed by atoms with E-state index in [-0.39, 0.29) is 36.6 Å². The van der Waals surface area contributed by atoms with Crippen LogP contribution in [0.5, 0.6) is 0 Å². The molecule has 2 fully saturated rings. The first kappa shape index (κ1) is 39.7. The summed E-state index contributed by atoms with van der Waals surface area (Å²) in [6.07, 6.45) is -8.43. The number of piperazine rings is 2. The largest absolute Gasteiger partial charge is 0.469 e. The lowest BCUT2D eigenvalue weighted by atomic mass is 10.1. The van der Waals surface area contributed by atoms with Crippen LogP contribution in [-0.4, -0.2) is 78.3 Å². The highest BCUT2D eigenvalue weighted by Crippen LogP contribution is 2.38. The number of carbonyl (C=O) groups is 1. The van der Waals surface area contributed by atoms with E-state index in [0.29, 0.717) is 20.4 Å². The molecule has 5 aromatic rings. The Labute approximate surface area is 317 Å². The van der Waals surface area contributed by atoms with Gasteiger partial charge in [-0.3, -0.25) is 9.69 Å². The average Bonchev–Trinajstić information content (AvgIpc) is 3.71. The Kier molecular flexibility index (Phi) is 11.8. The third kappa shape index (κ3) is 9.09. The predicted octanol–water partition coefficient (Wildman–Crippen LogP) is 8.63. The summed E-state index contributed by atoms with van der Waals surface area (Å²) < 4.78 is 83.4. The number of fused-ring (bicyclic) bond motifs is 2. The number of hydrogen-bond acceptors (Lipinski definition) is 10. The maximum Gasteiger partial charge on any atom is 0.416 e. The fourth-order valence-electron chi connectivity index (χ4n) is 7.18. The van der Waals surface area contributed by atoms with Crippen molar-refractivity contribution in [1.29, 1.82) is 0 Å². The van der Waals surface area contributed by atoms with Crippen LogP contribution in [0.2, 0.25) is 0 Å². The van der Waals surface area contributed by atoms with Gasteiger partial charge in [0.25, 0.3) is 0 Å². The molecule has 0 aliphatic carbocycles. The minimum Gasteiger partial charge on any atom is -0.469 e. The molecule has 2 aromatic heterocycles. The highest BCUT2D eigenvalue weighted by Gasteiger charge is 2.34. The molecule has 8 nitrogen and oxygen atoms in total. The van der Waals surface area contributed by atoms with E-state index >= 15 is 0 Å². The van der Waals surface area contributed by atoms with Gasteiger partial charge in [-0.05, 0) is 75.2 Å². The number of methoxy groups -OCH3 is 1. The van der Waals surface area contributed by atoms with Gasteiger partial charge in [0.05, 0.1) is 45.1 Å². The lowest BCUT2D eigenvalue weighted by molar-refractivity contribution is -0.140. The van der Waals surface area contributed by atoms with Gasteiger partial charge >= 0.3 is 18.3 Å². The zero-order valence-corrected chi connectivity index (χ0v) is 32.1. The number of ether oxygens (including phenoxy) is 1. The van der Waals surface area contributed by atoms with Crippen molar-refractivity contribution in [3.63, 3.8) is 0 Å². The summed E-state index contributed by atoms with van der Waals surface area (Å²) in [4.78, 5) is 27.5. The van der Waals surface area contributed by atoms with Gasteiger partial charge in [-0.2, -0.15) is 26.3 Å². The summed E-state index contributed by atoms with van der Waals surface area (Å²) in [6.45, 7) is 12.5. The fourth-order valence-corrected chi connectivity index (χ4v) is 9.60. The molecule has 0 amide bonds. The molecule has 2 aliphatic rings. The van der Waals surface area contributed by atoms with E-state index < -0.39 is 23.5 Å². The summed E-state index contributed by atoms with van der Waals surface area (Å²) in [5.41, 5.74) is 2.00. The molecule has 0 spiro atoms. The van der Waals surface area contributed by atoms with E-state index in [9.17, 15) is 31.1 Å². The van der Waals surface area contributed by atoms with Gasteiger partial charge < -0.3 is 19.9 Å². The zero-order valence-electron chi connectivity index (χ0n) is 30.5. The van der Waals surface area contributed by atoms with Crippen LogP contribution in [0.4, 0.5) is 36.6 Å². The van der Waals surface area contributed by atoms with Crippen molar-refractivity contribution in [3.8, 4) is 0 Å². The number of alkyl halides is 6. The van der Waals surface area contributed by atoms with Crippen LogP contribution in [-0.2, 0) is 34.8 Å². The molecular weight excluding hydrogens is 751 g/mol. The van der Waals surface area contributed by atoms with Crippen LogP contribution in [0.25, 0.3) is 20.4 Å². The first-order valence-corrected chi connectivity index (χ1v) is 19.2. The summed E-state index contributed by atoms with van der Waals surface area (Å²) in [5.74, 6) is -0.263. The van der Waals surface area contributed by atoms with Crippen molar-refractivity contribution >= 4 is 59.3 Å². The van der Waals surface area contributed by atoms with E-state index in [1.165, 1.54) is 54.0 Å². The molecule has 54 heavy (non-hydrogen) atoms. The predicted molar refractivity (Wildman–Crippen MR) is 202 cm³/mol. The molecule has 7 rings (SSSR count). The van der Waals surface area contributed by atoms with Crippen molar-refractivity contribution in [2.45, 2.75) is 77.2 Å². The standard InChI is InChI=1S/C24H26F3N3O2S.C14H16F3N3S/c1-15-12-29(14-18-6-4-5-17(9-18)10-22(31)32-3)13-16(2)30(15)23-28-20-8-7-19(24(25,26)27)11-21(20)33-23;1-8-6-18-7-9(2)20(8)13-19-11-4-3-10(14(15,16)17)5-12(11)21-13/h4-9,11,15-16H,10,12-14H2,1-3H3;3-5,8-9,18H,6-7H2,1-2H3/t15-,16+;8-,9+. The summed E-state index contributed by atoms with van der Waals surface area (Å²) >= 11 is 2.64. The van der Waals surface area contributed by atoms with Crippen LogP contribution in [0.15, 0.2) is 60.7 Å². The first-order valence-electron chi connectivity index (χ1n) is 17.6. The number of esters is 1. The topological polar surface area (TPSA) is 73.8 Å². The Morgan fingerprint density at radius 2 is 1.22 bits per heavy atom. The van der Waals surface area contributed by atoms with Crippen molar-refractivity contribution in [2.75, 3.05) is 43.1 Å². The lowest BCUT2D eigenvalue weighted by Gasteiger charge is -2.44. The molecule has 4 heterocycles. The van der Waals surface area contributed by atoms with E-state index in [0.717, 1.165) is 66.2 Å². The molecule has 0 saturated carbocycles. The van der Waals surface area contributed by atoms with E-state index in [4.69, 9.17) is 4.74 Å². The molecule has 0 unspecified atom stereocenters. The van der Waals surface area contributed by atoms with Gasteiger partial charge in [0.2, 0.25) is 0 Å². The Morgan fingerprint density at radius 1 is 0.741 bits per heavy atom. The second kappa shape index (κ2) is 16.0. The fraction of sp³-hybridized carbons (Fsp3) is 0.447. The molecule has 2 saturated heterocycles. The number of thiazole rings is 2. The van der Waals surface area contributed by atoms with Gasteiger partial charge in [-0.15, -0.1) is 0 Å². The van der Waals surface area contributed by atoms with Crippen molar-refractivity contribution in [2.24, 2.45) is 0 Å². The monoisotopic (exact) mass is 792 g/mol. The summed E-state index contributed by atoms with van der Waals surface area (Å²) in [6, 6.07) is 16.3. The molecule has 0 bridgehead atoms. The first-order chi connectivity index (χ1) is 25.5. The Hall–Kier alpha value is -3.99. The average molecular weight is 793 g/mol. The molecule has 290 valence electrons. The second-order valence-electron chi connectivity index (χ2n) is 14.0. The maximum atomic E-state index is 13.1. The van der Waals surface area contributed by atoms with E-state index in [2.05, 4.69) is 57.7 Å². The SMILES string of the molecule is COC(=O)Cc1cccc(CN2C[C@@H](C)N(c3nc4ccc(C(F)(F)F)cc4s3)[C@@H](C)C2)c1.C[C@@H]1CNC[C@H](C)N1c1nc2ccc(C(F)(F)F)cc2s1. The van der Waals surface area contributed by atoms with Crippen LogP contribution >= 0.6 is 22.7 Å².